The number of carbonyl (C=O) groups is 2. The van der Waals surface area contributed by atoms with Crippen molar-refractivity contribution >= 4 is 18.0 Å². The molecule has 0 radical (unpaired) electrons. The maximum absolute atomic E-state index is 11.3. The molecule has 0 atom stereocenters. The Labute approximate surface area is 111 Å². The van der Waals surface area contributed by atoms with E-state index in [9.17, 15) is 9.59 Å². The van der Waals surface area contributed by atoms with Gasteiger partial charge in [-0.05, 0) is 12.5 Å². The molecule has 19 heavy (non-hydrogen) atoms. The molecule has 0 aliphatic heterocycles. The van der Waals surface area contributed by atoms with E-state index in [1.807, 2.05) is 31.2 Å². The van der Waals surface area contributed by atoms with Gasteiger partial charge in [0.2, 0.25) is 0 Å². The Kier molecular flexibility index (Phi) is 6.25. The molecular weight excluding hydrogens is 246 g/mol. The van der Waals surface area contributed by atoms with Crippen LogP contribution in [0.4, 0.5) is 0 Å². The lowest BCUT2D eigenvalue weighted by Gasteiger charge is -2.02. The fraction of sp³-hybridized carbons (Fsp3) is 0.308. The molecule has 0 spiro atoms. The van der Waals surface area contributed by atoms with Crippen molar-refractivity contribution in [1.82, 2.24) is 10.7 Å². The van der Waals surface area contributed by atoms with Crippen LogP contribution in [0.2, 0.25) is 0 Å². The summed E-state index contributed by atoms with van der Waals surface area (Å²) in [6, 6.07) is 7.59. The van der Waals surface area contributed by atoms with Crippen LogP contribution in [0.25, 0.3) is 0 Å². The molecule has 0 saturated carbocycles. The van der Waals surface area contributed by atoms with Gasteiger partial charge in [0.25, 0.3) is 0 Å². The number of aryl methyl sites for hydroxylation is 1. The average molecular weight is 263 g/mol. The second-order valence-electron chi connectivity index (χ2n) is 3.86. The Bertz CT molecular complexity index is 455. The largest absolute Gasteiger partial charge is 0.383 e. The van der Waals surface area contributed by atoms with Gasteiger partial charge in [0.05, 0.1) is 12.8 Å². The van der Waals surface area contributed by atoms with Crippen LogP contribution in [0, 0.1) is 6.92 Å². The zero-order valence-electron chi connectivity index (χ0n) is 11.0. The summed E-state index contributed by atoms with van der Waals surface area (Å²) in [6.07, 6.45) is 1.47. The van der Waals surface area contributed by atoms with Gasteiger partial charge in [-0.2, -0.15) is 5.10 Å². The van der Waals surface area contributed by atoms with Crippen LogP contribution < -0.4 is 10.7 Å². The monoisotopic (exact) mass is 263 g/mol. The van der Waals surface area contributed by atoms with Crippen LogP contribution in [0.15, 0.2) is 29.4 Å². The van der Waals surface area contributed by atoms with Gasteiger partial charge >= 0.3 is 11.8 Å². The number of hydrogen-bond acceptors (Lipinski definition) is 4. The third kappa shape index (κ3) is 5.78. The Hall–Kier alpha value is -2.21. The number of nitrogens with one attached hydrogen (secondary N) is 2. The lowest BCUT2D eigenvalue weighted by Crippen LogP contribution is -2.39. The van der Waals surface area contributed by atoms with Crippen LogP contribution in [-0.4, -0.2) is 38.3 Å². The van der Waals surface area contributed by atoms with E-state index >= 15 is 0 Å². The standard InChI is InChI=1S/C13H17N3O3/c1-10-3-5-11(6-4-10)9-15-16-13(18)12(17)14-7-8-19-2/h3-6,9H,7-8H2,1-2H3,(H,14,17)(H,16,18)/b15-9-. The molecule has 0 aliphatic carbocycles. The number of rotatable bonds is 5. The normalized spacial score (nSPS) is 10.4. The van der Waals surface area contributed by atoms with Crippen molar-refractivity contribution in [3.63, 3.8) is 0 Å². The Morgan fingerprint density at radius 2 is 1.95 bits per heavy atom. The summed E-state index contributed by atoms with van der Waals surface area (Å²) in [4.78, 5) is 22.6. The first-order valence-corrected chi connectivity index (χ1v) is 5.80. The van der Waals surface area contributed by atoms with Gasteiger partial charge in [-0.3, -0.25) is 9.59 Å². The fourth-order valence-corrected chi connectivity index (χ4v) is 1.22. The molecule has 2 amide bonds. The molecular formula is C13H17N3O3. The minimum Gasteiger partial charge on any atom is -0.383 e. The fourth-order valence-electron chi connectivity index (χ4n) is 1.22. The van der Waals surface area contributed by atoms with E-state index < -0.39 is 11.8 Å². The first-order chi connectivity index (χ1) is 9.13. The molecule has 0 saturated heterocycles. The second-order valence-corrected chi connectivity index (χ2v) is 3.86. The molecule has 0 unspecified atom stereocenters. The molecule has 0 fully saturated rings. The zero-order chi connectivity index (χ0) is 14.1. The van der Waals surface area contributed by atoms with Gasteiger partial charge < -0.3 is 10.1 Å². The van der Waals surface area contributed by atoms with E-state index in [1.165, 1.54) is 13.3 Å². The molecule has 102 valence electrons. The molecule has 2 N–H and O–H groups in total. The molecule has 1 aromatic rings. The highest BCUT2D eigenvalue weighted by Crippen LogP contribution is 1.99. The zero-order valence-corrected chi connectivity index (χ0v) is 11.0. The van der Waals surface area contributed by atoms with E-state index in [0.29, 0.717) is 6.61 Å². The average Bonchev–Trinajstić information content (AvgIpc) is 2.41. The minimum atomic E-state index is -0.806. The first kappa shape index (κ1) is 14.8. The summed E-state index contributed by atoms with van der Waals surface area (Å²) in [5.41, 5.74) is 4.13. The van der Waals surface area contributed by atoms with Gasteiger partial charge in [-0.15, -0.1) is 0 Å². The highest BCUT2D eigenvalue weighted by Gasteiger charge is 2.10. The molecule has 1 rings (SSSR count). The summed E-state index contributed by atoms with van der Waals surface area (Å²) < 4.78 is 4.74. The number of methoxy groups -OCH3 is 1. The van der Waals surface area contributed by atoms with Gasteiger partial charge in [0, 0.05) is 13.7 Å². The van der Waals surface area contributed by atoms with Crippen LogP contribution in [0.1, 0.15) is 11.1 Å². The maximum atomic E-state index is 11.3. The topological polar surface area (TPSA) is 79.8 Å². The van der Waals surface area contributed by atoms with Crippen molar-refractivity contribution in [3.05, 3.63) is 35.4 Å². The summed E-state index contributed by atoms with van der Waals surface area (Å²) >= 11 is 0. The van der Waals surface area contributed by atoms with Crippen molar-refractivity contribution in [1.29, 1.82) is 0 Å². The van der Waals surface area contributed by atoms with Crippen LogP contribution in [-0.2, 0) is 14.3 Å². The Morgan fingerprint density at radius 3 is 2.58 bits per heavy atom. The number of benzene rings is 1. The number of nitrogens with zero attached hydrogens (tertiary/aromatic N) is 1. The number of hydrazone groups is 1. The third-order valence-corrected chi connectivity index (χ3v) is 2.26. The smallest absolute Gasteiger partial charge is 0.329 e. The van der Waals surface area contributed by atoms with Crippen molar-refractivity contribution in [2.45, 2.75) is 6.92 Å². The van der Waals surface area contributed by atoms with E-state index in [0.717, 1.165) is 11.1 Å². The predicted octanol–water partition coefficient (Wildman–Crippen LogP) is 0.208. The second kappa shape index (κ2) is 7.99. The van der Waals surface area contributed by atoms with Crippen LogP contribution >= 0.6 is 0 Å². The lowest BCUT2D eigenvalue weighted by molar-refractivity contribution is -0.139. The lowest BCUT2D eigenvalue weighted by atomic mass is 10.2. The van der Waals surface area contributed by atoms with Crippen molar-refractivity contribution in [2.75, 3.05) is 20.3 Å². The van der Waals surface area contributed by atoms with Crippen molar-refractivity contribution in [2.24, 2.45) is 5.10 Å². The van der Waals surface area contributed by atoms with E-state index in [2.05, 4.69) is 15.8 Å². The molecule has 6 heteroatoms. The van der Waals surface area contributed by atoms with Crippen molar-refractivity contribution < 1.29 is 14.3 Å². The number of carbonyl (C=O) groups excluding carboxylic acids is 2. The minimum absolute atomic E-state index is 0.282. The number of ether oxygens (including phenoxy) is 1. The Balaban J connectivity index is 2.36. The number of hydrogen-bond donors (Lipinski definition) is 2. The van der Waals surface area contributed by atoms with Gasteiger partial charge in [-0.25, -0.2) is 5.43 Å². The molecule has 0 aliphatic rings. The molecule has 0 bridgehead atoms. The van der Waals surface area contributed by atoms with Gasteiger partial charge in [0.15, 0.2) is 0 Å². The summed E-state index contributed by atoms with van der Waals surface area (Å²) in [7, 11) is 1.51. The number of amides is 2. The molecule has 1 aromatic carbocycles. The van der Waals surface area contributed by atoms with Gasteiger partial charge in [0.1, 0.15) is 0 Å². The maximum Gasteiger partial charge on any atom is 0.329 e. The molecule has 6 nitrogen and oxygen atoms in total. The third-order valence-electron chi connectivity index (χ3n) is 2.26. The molecule has 0 heterocycles. The van der Waals surface area contributed by atoms with E-state index in [1.54, 1.807) is 0 Å². The highest BCUT2D eigenvalue weighted by atomic mass is 16.5. The summed E-state index contributed by atoms with van der Waals surface area (Å²) in [5.74, 6) is -1.54. The first-order valence-electron chi connectivity index (χ1n) is 5.80. The van der Waals surface area contributed by atoms with Crippen LogP contribution in [0.5, 0.6) is 0 Å². The molecule has 0 aromatic heterocycles. The summed E-state index contributed by atoms with van der Waals surface area (Å²) in [5, 5.41) is 6.09. The van der Waals surface area contributed by atoms with Crippen molar-refractivity contribution in [3.8, 4) is 0 Å². The van der Waals surface area contributed by atoms with E-state index in [4.69, 9.17) is 4.74 Å². The van der Waals surface area contributed by atoms with E-state index in [-0.39, 0.29) is 6.54 Å². The summed E-state index contributed by atoms with van der Waals surface area (Å²) in [6.45, 7) is 2.61. The Morgan fingerprint density at radius 1 is 1.26 bits per heavy atom. The van der Waals surface area contributed by atoms with Gasteiger partial charge in [-0.1, -0.05) is 29.8 Å². The predicted molar refractivity (Wildman–Crippen MR) is 71.8 cm³/mol. The highest BCUT2D eigenvalue weighted by molar-refractivity contribution is 6.35. The SMILES string of the molecule is COCCNC(=O)C(=O)N/N=C\c1ccc(C)cc1. The quantitative estimate of drug-likeness (QED) is 0.345. The van der Waals surface area contributed by atoms with Crippen LogP contribution in [0.3, 0.4) is 0 Å².